The number of halogens is 1. The third kappa shape index (κ3) is 9.33. The molecule has 0 aromatic heterocycles. The van der Waals surface area contributed by atoms with Gasteiger partial charge >= 0.3 is 5.97 Å². The van der Waals surface area contributed by atoms with Gasteiger partial charge in [0.25, 0.3) is 0 Å². The molecule has 0 aliphatic carbocycles. The summed E-state index contributed by atoms with van der Waals surface area (Å²) in [6, 6.07) is 15.9. The molecule has 2 rings (SSSR count). The summed E-state index contributed by atoms with van der Waals surface area (Å²) in [5.74, 6) is -0.767. The van der Waals surface area contributed by atoms with Crippen molar-refractivity contribution in [3.63, 3.8) is 0 Å². The van der Waals surface area contributed by atoms with Gasteiger partial charge in [-0.2, -0.15) is 0 Å². The zero-order valence-corrected chi connectivity index (χ0v) is 19.7. The van der Waals surface area contributed by atoms with Crippen molar-refractivity contribution in [2.75, 3.05) is 25.9 Å². The number of nitrogens with zero attached hydrogens (tertiary/aromatic N) is 1. The molecule has 5 nitrogen and oxygen atoms in total. The molecule has 2 aromatic rings. The van der Waals surface area contributed by atoms with Gasteiger partial charge in [0.05, 0.1) is 6.42 Å². The van der Waals surface area contributed by atoms with E-state index in [1.54, 1.807) is 11.8 Å². The molecule has 31 heavy (non-hydrogen) atoms. The highest BCUT2D eigenvalue weighted by molar-refractivity contribution is 7.98. The zero-order chi connectivity index (χ0) is 22.6. The lowest BCUT2D eigenvalue weighted by molar-refractivity contribution is -0.137. The molecule has 7 heteroatoms. The van der Waals surface area contributed by atoms with E-state index in [1.165, 1.54) is 4.90 Å². The lowest BCUT2D eigenvalue weighted by atomic mass is 10.1. The van der Waals surface area contributed by atoms with Gasteiger partial charge < -0.3 is 10.4 Å². The first-order chi connectivity index (χ1) is 14.9. The van der Waals surface area contributed by atoms with Crippen molar-refractivity contribution in [1.82, 2.24) is 10.2 Å². The van der Waals surface area contributed by atoms with Gasteiger partial charge in [-0.05, 0) is 68.0 Å². The van der Waals surface area contributed by atoms with E-state index in [1.807, 2.05) is 54.8 Å². The van der Waals surface area contributed by atoms with Crippen LogP contribution in [0.25, 0.3) is 0 Å². The van der Waals surface area contributed by atoms with Crippen LogP contribution < -0.4 is 5.32 Å². The van der Waals surface area contributed by atoms with Crippen molar-refractivity contribution in [2.24, 2.45) is 0 Å². The Balaban J connectivity index is 1.83. The topological polar surface area (TPSA) is 69.6 Å². The highest BCUT2D eigenvalue weighted by atomic mass is 35.5. The third-order valence-corrected chi connectivity index (χ3v) is 6.20. The minimum atomic E-state index is -0.781. The van der Waals surface area contributed by atoms with Crippen molar-refractivity contribution < 1.29 is 14.7 Å². The molecule has 0 bridgehead atoms. The van der Waals surface area contributed by atoms with E-state index in [0.717, 1.165) is 24.1 Å². The normalized spacial score (nSPS) is 12.0. The SMILES string of the molecule is CSc1ccc(CC(=O)NCCCN(CCCC(=O)O)C(C)c2ccc(Cl)cc2)cc1. The Kier molecular flexibility index (Phi) is 10.9. The van der Waals surface area contributed by atoms with Crippen LogP contribution in [-0.2, 0) is 16.0 Å². The molecule has 0 saturated carbocycles. The molecule has 1 amide bonds. The number of nitrogens with one attached hydrogen (secondary N) is 1. The predicted molar refractivity (Wildman–Crippen MR) is 128 cm³/mol. The summed E-state index contributed by atoms with van der Waals surface area (Å²) in [6.07, 6.45) is 3.93. The number of carboxylic acid groups (broad SMARTS) is 1. The fourth-order valence-electron chi connectivity index (χ4n) is 3.39. The Morgan fingerprint density at radius 3 is 2.32 bits per heavy atom. The van der Waals surface area contributed by atoms with E-state index in [9.17, 15) is 9.59 Å². The number of hydrogen-bond acceptors (Lipinski definition) is 4. The van der Waals surface area contributed by atoms with Crippen LogP contribution in [0.5, 0.6) is 0 Å². The molecular formula is C24H31ClN2O3S. The number of carboxylic acids is 1. The van der Waals surface area contributed by atoms with E-state index in [2.05, 4.69) is 17.1 Å². The Morgan fingerprint density at radius 2 is 1.71 bits per heavy atom. The highest BCUT2D eigenvalue weighted by Crippen LogP contribution is 2.22. The summed E-state index contributed by atoms with van der Waals surface area (Å²) in [5.41, 5.74) is 2.14. The Hall–Kier alpha value is -2.02. The molecular weight excluding hydrogens is 432 g/mol. The van der Waals surface area contributed by atoms with Gasteiger partial charge in [0.2, 0.25) is 5.91 Å². The van der Waals surface area contributed by atoms with Crippen LogP contribution in [0.1, 0.15) is 43.4 Å². The lowest BCUT2D eigenvalue weighted by Gasteiger charge is -2.29. The van der Waals surface area contributed by atoms with E-state index in [-0.39, 0.29) is 18.4 Å². The van der Waals surface area contributed by atoms with Crippen molar-refractivity contribution in [3.8, 4) is 0 Å². The average Bonchev–Trinajstić information content (AvgIpc) is 2.75. The summed E-state index contributed by atoms with van der Waals surface area (Å²) in [4.78, 5) is 26.6. The van der Waals surface area contributed by atoms with Crippen molar-refractivity contribution >= 4 is 35.2 Å². The second-order valence-electron chi connectivity index (χ2n) is 7.49. The largest absolute Gasteiger partial charge is 0.481 e. The Morgan fingerprint density at radius 1 is 1.06 bits per heavy atom. The van der Waals surface area contributed by atoms with Gasteiger partial charge in [0, 0.05) is 35.5 Å². The number of benzene rings is 2. The standard InChI is InChI=1S/C24H31ClN2O3S/c1-18(20-8-10-21(25)11-9-20)27(15-3-5-24(29)30)16-4-14-26-23(28)17-19-6-12-22(31-2)13-7-19/h6-13,18H,3-5,14-17H2,1-2H3,(H,26,28)(H,29,30). The van der Waals surface area contributed by atoms with Gasteiger partial charge in [0.1, 0.15) is 0 Å². The van der Waals surface area contributed by atoms with Crippen molar-refractivity contribution in [1.29, 1.82) is 0 Å². The quantitative estimate of drug-likeness (QED) is 0.322. The number of carbonyl (C=O) groups is 2. The van der Waals surface area contributed by atoms with Gasteiger partial charge in [-0.3, -0.25) is 14.5 Å². The Labute approximate surface area is 194 Å². The summed E-state index contributed by atoms with van der Waals surface area (Å²) in [5, 5.41) is 12.6. The molecule has 0 spiro atoms. The average molecular weight is 463 g/mol. The van der Waals surface area contributed by atoms with Gasteiger partial charge in [-0.15, -0.1) is 11.8 Å². The van der Waals surface area contributed by atoms with Crippen LogP contribution in [0.4, 0.5) is 0 Å². The van der Waals surface area contributed by atoms with E-state index >= 15 is 0 Å². The first-order valence-corrected chi connectivity index (χ1v) is 12.1. The van der Waals surface area contributed by atoms with Crippen LogP contribution in [0, 0.1) is 0 Å². The van der Waals surface area contributed by atoms with Gasteiger partial charge in [-0.25, -0.2) is 0 Å². The summed E-state index contributed by atoms with van der Waals surface area (Å²) in [6.45, 7) is 4.16. The molecule has 0 radical (unpaired) electrons. The molecule has 0 saturated heterocycles. The smallest absolute Gasteiger partial charge is 0.303 e. The summed E-state index contributed by atoms with van der Waals surface area (Å²) in [7, 11) is 0. The number of hydrogen-bond donors (Lipinski definition) is 2. The fraction of sp³-hybridized carbons (Fsp3) is 0.417. The first kappa shape index (κ1) is 25.2. The minimum absolute atomic E-state index is 0.0140. The number of thioether (sulfide) groups is 1. The van der Waals surface area contributed by atoms with Crippen LogP contribution >= 0.6 is 23.4 Å². The van der Waals surface area contributed by atoms with E-state index in [0.29, 0.717) is 31.0 Å². The maximum Gasteiger partial charge on any atom is 0.303 e. The van der Waals surface area contributed by atoms with Crippen molar-refractivity contribution in [3.05, 3.63) is 64.7 Å². The van der Waals surface area contributed by atoms with Crippen LogP contribution in [0.15, 0.2) is 53.4 Å². The Bertz CT molecular complexity index is 828. The minimum Gasteiger partial charge on any atom is -0.481 e. The highest BCUT2D eigenvalue weighted by Gasteiger charge is 2.16. The summed E-state index contributed by atoms with van der Waals surface area (Å²) >= 11 is 7.68. The first-order valence-electron chi connectivity index (χ1n) is 10.5. The van der Waals surface area contributed by atoms with E-state index in [4.69, 9.17) is 16.7 Å². The number of carbonyl (C=O) groups excluding carboxylic acids is 1. The van der Waals surface area contributed by atoms with E-state index < -0.39 is 5.97 Å². The lowest BCUT2D eigenvalue weighted by Crippen LogP contribution is -2.33. The molecule has 0 fully saturated rings. The van der Waals surface area contributed by atoms with Crippen LogP contribution in [0.2, 0.25) is 5.02 Å². The van der Waals surface area contributed by atoms with Gasteiger partial charge in [0.15, 0.2) is 0 Å². The molecule has 168 valence electrons. The fourth-order valence-corrected chi connectivity index (χ4v) is 3.92. The number of amides is 1. The zero-order valence-electron chi connectivity index (χ0n) is 18.1. The van der Waals surface area contributed by atoms with Crippen LogP contribution in [0.3, 0.4) is 0 Å². The molecule has 2 aromatic carbocycles. The number of aliphatic carboxylic acids is 1. The molecule has 1 unspecified atom stereocenters. The third-order valence-electron chi connectivity index (χ3n) is 5.20. The van der Waals surface area contributed by atoms with Crippen LogP contribution in [-0.4, -0.2) is 47.8 Å². The monoisotopic (exact) mass is 462 g/mol. The molecule has 0 aliphatic rings. The maximum absolute atomic E-state index is 12.2. The second-order valence-corrected chi connectivity index (χ2v) is 8.81. The maximum atomic E-state index is 12.2. The molecule has 0 heterocycles. The number of rotatable bonds is 13. The summed E-state index contributed by atoms with van der Waals surface area (Å²) < 4.78 is 0. The molecule has 0 aliphatic heterocycles. The molecule has 1 atom stereocenters. The van der Waals surface area contributed by atoms with Crippen molar-refractivity contribution in [2.45, 2.75) is 43.5 Å². The van der Waals surface area contributed by atoms with Gasteiger partial charge in [-0.1, -0.05) is 35.9 Å². The molecule has 2 N–H and O–H groups in total. The second kappa shape index (κ2) is 13.4. The predicted octanol–water partition coefficient (Wildman–Crippen LogP) is 5.04.